The van der Waals surface area contributed by atoms with Crippen molar-refractivity contribution in [2.75, 3.05) is 43.4 Å². The number of aliphatic hydroxyl groups excluding tert-OH is 2. The van der Waals surface area contributed by atoms with E-state index in [1.165, 1.54) is 6.33 Å². The Balaban J connectivity index is 1.85. The molecule has 0 bridgehead atoms. The van der Waals surface area contributed by atoms with Crippen LogP contribution in [-0.2, 0) is 6.54 Å². The number of rotatable bonds is 5. The fourth-order valence-electron chi connectivity index (χ4n) is 3.01. The Morgan fingerprint density at radius 3 is 2.67 bits per heavy atom. The van der Waals surface area contributed by atoms with Gasteiger partial charge in [0.25, 0.3) is 11.6 Å². The lowest BCUT2D eigenvalue weighted by molar-refractivity contribution is -0.683. The summed E-state index contributed by atoms with van der Waals surface area (Å²) in [5.41, 5.74) is 7.25. The predicted octanol–water partition coefficient (Wildman–Crippen LogP) is -1.29. The number of aliphatic hydroxyl groups is 2. The number of anilines is 2. The second kappa shape index (κ2) is 6.88. The van der Waals surface area contributed by atoms with Crippen LogP contribution in [0.1, 0.15) is 13.8 Å². The molecule has 1 saturated heterocycles. The first-order valence-corrected chi connectivity index (χ1v) is 8.31. The van der Waals surface area contributed by atoms with Gasteiger partial charge in [-0.2, -0.15) is 0 Å². The quantitative estimate of drug-likeness (QED) is 0.502. The number of nitrogens with two attached hydrogens (primary N) is 1. The second-order valence-electron chi connectivity index (χ2n) is 6.49. The van der Waals surface area contributed by atoms with E-state index in [2.05, 4.69) is 38.6 Å². The normalized spacial score (nSPS) is 17.8. The lowest BCUT2D eigenvalue weighted by Crippen LogP contribution is -2.49. The van der Waals surface area contributed by atoms with E-state index in [1.807, 2.05) is 0 Å². The summed E-state index contributed by atoms with van der Waals surface area (Å²) in [5.74, 6) is 1.14. The van der Waals surface area contributed by atoms with Gasteiger partial charge in [-0.25, -0.2) is 4.57 Å². The number of aromatic nitrogens is 4. The van der Waals surface area contributed by atoms with E-state index in [0.29, 0.717) is 23.0 Å². The van der Waals surface area contributed by atoms with Gasteiger partial charge in [0.1, 0.15) is 6.10 Å². The molecule has 24 heavy (non-hydrogen) atoms. The SMILES string of the molecule is CC(C)N1CCN(c2nc3c([nH]2)c(N)nc[n+]3C[C@@H](O)CO)CC1. The zero-order valence-electron chi connectivity index (χ0n) is 14.2. The highest BCUT2D eigenvalue weighted by Crippen LogP contribution is 2.20. The monoisotopic (exact) mass is 336 g/mol. The molecule has 5 N–H and O–H groups in total. The molecule has 0 aromatic carbocycles. The highest BCUT2D eigenvalue weighted by molar-refractivity contribution is 5.80. The van der Waals surface area contributed by atoms with Gasteiger partial charge in [0.05, 0.1) is 13.2 Å². The number of piperazine rings is 1. The fourth-order valence-corrected chi connectivity index (χ4v) is 3.01. The highest BCUT2D eigenvalue weighted by Gasteiger charge is 2.26. The largest absolute Gasteiger partial charge is 0.394 e. The molecular formula is C15H26N7O2+. The van der Waals surface area contributed by atoms with Crippen molar-refractivity contribution in [2.45, 2.75) is 32.5 Å². The molecule has 0 saturated carbocycles. The zero-order valence-corrected chi connectivity index (χ0v) is 14.2. The molecular weight excluding hydrogens is 310 g/mol. The number of H-pyrrole nitrogens is 1. The van der Waals surface area contributed by atoms with Crippen LogP contribution in [0.3, 0.4) is 0 Å². The van der Waals surface area contributed by atoms with Crippen molar-refractivity contribution < 1.29 is 14.8 Å². The molecule has 132 valence electrons. The maximum absolute atomic E-state index is 9.69. The van der Waals surface area contributed by atoms with Gasteiger partial charge < -0.3 is 25.8 Å². The minimum Gasteiger partial charge on any atom is -0.394 e. The standard InChI is InChI=1S/C15H25N7O2/c1-10(2)20-3-5-21(6-4-20)15-18-12-13(16)17-9-22(14(12)19-15)7-11(24)8-23/h9-11,23-24H,3-8H2,1-2H3,(H2,16,18,19)/p+1/t11-/m1/s1. The third-order valence-corrected chi connectivity index (χ3v) is 4.50. The second-order valence-corrected chi connectivity index (χ2v) is 6.49. The molecule has 2 aromatic heterocycles. The van der Waals surface area contributed by atoms with Crippen LogP contribution in [0.5, 0.6) is 0 Å². The Bertz CT molecular complexity index is 694. The predicted molar refractivity (Wildman–Crippen MR) is 90.5 cm³/mol. The Kier molecular flexibility index (Phi) is 4.83. The van der Waals surface area contributed by atoms with Crippen molar-refractivity contribution in [1.82, 2.24) is 19.9 Å². The van der Waals surface area contributed by atoms with E-state index in [-0.39, 0.29) is 13.2 Å². The van der Waals surface area contributed by atoms with Crippen molar-refractivity contribution in [1.29, 1.82) is 0 Å². The van der Waals surface area contributed by atoms with E-state index < -0.39 is 6.10 Å². The van der Waals surface area contributed by atoms with Crippen molar-refractivity contribution in [3.8, 4) is 0 Å². The third kappa shape index (κ3) is 3.28. The molecule has 0 spiro atoms. The fraction of sp³-hybridized carbons (Fsp3) is 0.667. The smallest absolute Gasteiger partial charge is 0.296 e. The maximum Gasteiger partial charge on any atom is 0.296 e. The first-order chi connectivity index (χ1) is 11.5. The zero-order chi connectivity index (χ0) is 17.3. The first kappa shape index (κ1) is 16.9. The van der Waals surface area contributed by atoms with Crippen molar-refractivity contribution in [3.63, 3.8) is 0 Å². The Morgan fingerprint density at radius 2 is 2.04 bits per heavy atom. The lowest BCUT2D eigenvalue weighted by Gasteiger charge is -2.35. The Hall–Kier alpha value is -1.97. The number of nitrogens with zero attached hydrogens (tertiary/aromatic N) is 5. The molecule has 9 heteroatoms. The Labute approximate surface area is 140 Å². The average Bonchev–Trinajstić information content (AvgIpc) is 3.03. The molecule has 1 aliphatic heterocycles. The summed E-state index contributed by atoms with van der Waals surface area (Å²) in [6, 6.07) is 0.546. The lowest BCUT2D eigenvalue weighted by atomic mass is 10.2. The van der Waals surface area contributed by atoms with E-state index in [4.69, 9.17) is 10.8 Å². The van der Waals surface area contributed by atoms with Crippen molar-refractivity contribution in [3.05, 3.63) is 6.33 Å². The number of aromatic amines is 1. The molecule has 3 rings (SSSR count). The summed E-state index contributed by atoms with van der Waals surface area (Å²) in [4.78, 5) is 16.7. The minimum absolute atomic E-state index is 0.214. The van der Waals surface area contributed by atoms with Crippen molar-refractivity contribution in [2.24, 2.45) is 0 Å². The van der Waals surface area contributed by atoms with Crippen LogP contribution >= 0.6 is 0 Å². The van der Waals surface area contributed by atoms with Gasteiger partial charge in [0.2, 0.25) is 12.1 Å². The van der Waals surface area contributed by atoms with E-state index in [1.54, 1.807) is 4.57 Å². The summed E-state index contributed by atoms with van der Waals surface area (Å²) in [6.45, 7) is 8.09. The van der Waals surface area contributed by atoms with Gasteiger partial charge in [0, 0.05) is 32.2 Å². The van der Waals surface area contributed by atoms with Gasteiger partial charge in [-0.15, -0.1) is 0 Å². The van der Waals surface area contributed by atoms with E-state index in [9.17, 15) is 5.11 Å². The van der Waals surface area contributed by atoms with Crippen LogP contribution in [0.2, 0.25) is 0 Å². The molecule has 1 aliphatic rings. The number of nitrogens with one attached hydrogen (secondary N) is 1. The van der Waals surface area contributed by atoms with E-state index >= 15 is 0 Å². The summed E-state index contributed by atoms with van der Waals surface area (Å²) in [6.07, 6.45) is 0.677. The number of nitrogen functional groups attached to an aromatic ring is 1. The van der Waals surface area contributed by atoms with Gasteiger partial charge >= 0.3 is 0 Å². The van der Waals surface area contributed by atoms with Gasteiger partial charge in [0.15, 0.2) is 5.52 Å². The van der Waals surface area contributed by atoms with Gasteiger partial charge in [-0.3, -0.25) is 4.90 Å². The van der Waals surface area contributed by atoms with Gasteiger partial charge in [-0.05, 0) is 13.8 Å². The van der Waals surface area contributed by atoms with Crippen LogP contribution in [0, 0.1) is 0 Å². The van der Waals surface area contributed by atoms with Crippen LogP contribution < -0.4 is 15.2 Å². The molecule has 0 unspecified atom stereocenters. The van der Waals surface area contributed by atoms with Crippen LogP contribution in [0.25, 0.3) is 11.2 Å². The maximum atomic E-state index is 9.69. The summed E-state index contributed by atoms with van der Waals surface area (Å²) in [7, 11) is 0. The van der Waals surface area contributed by atoms with Crippen LogP contribution in [0.4, 0.5) is 11.8 Å². The first-order valence-electron chi connectivity index (χ1n) is 8.31. The number of imidazole rings is 1. The number of fused-ring (bicyclic) bond motifs is 1. The van der Waals surface area contributed by atoms with Crippen molar-refractivity contribution >= 4 is 22.9 Å². The molecule has 0 amide bonds. The molecule has 0 aliphatic carbocycles. The summed E-state index contributed by atoms with van der Waals surface area (Å²) >= 11 is 0. The molecule has 1 fully saturated rings. The Morgan fingerprint density at radius 1 is 1.33 bits per heavy atom. The van der Waals surface area contributed by atoms with Crippen LogP contribution in [0.15, 0.2) is 6.33 Å². The minimum atomic E-state index is -0.863. The van der Waals surface area contributed by atoms with E-state index in [0.717, 1.165) is 32.1 Å². The number of hydrogen-bond acceptors (Lipinski definition) is 7. The summed E-state index contributed by atoms with van der Waals surface area (Å²) in [5, 5.41) is 18.7. The molecule has 1 atom stereocenters. The third-order valence-electron chi connectivity index (χ3n) is 4.50. The summed E-state index contributed by atoms with van der Waals surface area (Å²) < 4.78 is 1.71. The van der Waals surface area contributed by atoms with Crippen LogP contribution in [-0.4, -0.2) is 75.0 Å². The topological polar surface area (TPSA) is 118 Å². The molecule has 3 heterocycles. The highest BCUT2D eigenvalue weighted by atomic mass is 16.3. The average molecular weight is 336 g/mol. The number of hydrogen-bond donors (Lipinski definition) is 4. The molecule has 0 radical (unpaired) electrons. The molecule has 9 nitrogen and oxygen atoms in total. The molecule has 2 aromatic rings. The van der Waals surface area contributed by atoms with Gasteiger partial charge in [-0.1, -0.05) is 9.97 Å².